The SMILES string of the molecule is C.C.C.C1CCOC1.CC1(C)c2ccsc2-c2s[c]([Sn]([CH3])([CH3])[CH3])cc21.CC1(C)c2ccsc2-c2sc(-c3cc(F)c(-c4cc5c(s4)-c4sccc4C5(C)C)cc3F)cc21.CC1(C)c2ccsc2-c2sc(-c3ccc(-c4cc5c(s4)-c4sccc4C5(C)C)c(F)c3F)cc21.CC1(C)c2ccsc2-c2sccc21.CI.Fc1c(I)ccc(I)c1F.Fc1cc(Br)c(F)cc1Br.[CH2-]CCC.[CH3][Sn]([CH3])([CH3])[Cl].[Li+].c1cc2c(s1)-c1sccc1C2. The Balaban J connectivity index is 0.000000157. The minimum atomic E-state index is -1.90. The number of hydrogen-bond acceptors (Lipinski definition) is 15. The first-order valence-electron chi connectivity index (χ1n) is 46.9. The summed E-state index contributed by atoms with van der Waals surface area (Å²) in [6.07, 6.45) is 6.00. The van der Waals surface area contributed by atoms with Gasteiger partial charge in [0, 0.05) is 147 Å². The number of benzene rings is 4. The van der Waals surface area contributed by atoms with Crippen molar-refractivity contribution in [2.24, 2.45) is 0 Å². The Morgan fingerprint density at radius 1 is 0.329 bits per heavy atom. The van der Waals surface area contributed by atoms with Gasteiger partial charge in [-0.25, -0.2) is 35.1 Å². The molecule has 18 aromatic rings. The summed E-state index contributed by atoms with van der Waals surface area (Å²) < 4.78 is 120. The van der Waals surface area contributed by atoms with Crippen LogP contribution >= 0.6 is 267 Å². The smallest absolute Gasteiger partial charge is 0.143 e. The molecular weight excluding hydrogens is 2840 g/mol. The van der Waals surface area contributed by atoms with Crippen LogP contribution in [0.25, 0.3) is 110 Å². The first-order valence-corrected chi connectivity index (χ1v) is 87.0. The minimum Gasteiger partial charge on any atom is -0.143 e. The first kappa shape index (κ1) is 125. The molecule has 4 aromatic carbocycles. The maximum Gasteiger partial charge on any atom is 1.00 e. The number of fused-ring (bicyclic) bond motifs is 21. The average molecular weight is 2960 g/mol. The predicted octanol–water partition coefficient (Wildman–Crippen LogP) is 43.6. The molecule has 149 heavy (non-hydrogen) atoms. The molecule has 0 saturated carbocycles. The number of unbranched alkanes of at least 4 members (excludes halogenated alkanes) is 1. The van der Waals surface area contributed by atoms with Crippen molar-refractivity contribution < 1.29 is 58.7 Å². The number of alkyl halides is 1. The fourth-order valence-electron chi connectivity index (χ4n) is 18.7. The van der Waals surface area contributed by atoms with Crippen molar-refractivity contribution in [3.63, 3.8) is 0 Å². The van der Waals surface area contributed by atoms with Gasteiger partial charge in [0.2, 0.25) is 0 Å². The summed E-state index contributed by atoms with van der Waals surface area (Å²) in [5, 5.41) is 19.5. The van der Waals surface area contributed by atoms with E-state index in [9.17, 15) is 17.6 Å². The molecule has 0 radical (unpaired) electrons. The molecule has 32 heteroatoms. The van der Waals surface area contributed by atoms with Crippen LogP contribution in [0.2, 0.25) is 29.6 Å². The first-order chi connectivity index (χ1) is 68.5. The van der Waals surface area contributed by atoms with Gasteiger partial charge in [-0.15, -0.1) is 136 Å². The van der Waals surface area contributed by atoms with Gasteiger partial charge in [0.05, 0.1) is 16.1 Å². The van der Waals surface area contributed by atoms with Crippen LogP contribution in [0.5, 0.6) is 0 Å². The van der Waals surface area contributed by atoms with Crippen molar-refractivity contribution in [1.29, 1.82) is 0 Å². The van der Waals surface area contributed by atoms with E-state index in [1.807, 2.05) is 61.6 Å². The number of thiophene rings is 14. The van der Waals surface area contributed by atoms with E-state index in [0.29, 0.717) is 29.4 Å². The molecule has 1 fully saturated rings. The molecule has 1 saturated heterocycles. The molecule has 8 aliphatic rings. The van der Waals surface area contributed by atoms with Gasteiger partial charge in [0.25, 0.3) is 0 Å². The van der Waals surface area contributed by atoms with Gasteiger partial charge >= 0.3 is 176 Å². The van der Waals surface area contributed by atoms with Crippen LogP contribution in [0.15, 0.2) is 191 Å². The van der Waals surface area contributed by atoms with E-state index < -0.39 is 70.5 Å². The average Bonchev–Trinajstić information content (AvgIpc) is 1.57. The zero-order valence-corrected chi connectivity index (χ0v) is 112. The van der Waals surface area contributed by atoms with Crippen LogP contribution in [-0.4, -0.2) is 53.8 Å². The van der Waals surface area contributed by atoms with E-state index in [-0.39, 0.29) is 94.2 Å². The van der Waals surface area contributed by atoms with Gasteiger partial charge in [-0.2, -0.15) is 6.42 Å². The van der Waals surface area contributed by atoms with Gasteiger partial charge < -0.3 is 11.7 Å². The van der Waals surface area contributed by atoms with Crippen molar-refractivity contribution in [3.05, 3.63) is 329 Å². The normalized spacial score (nSPS) is 14.7. The number of rotatable bonds is 6. The molecule has 7 aliphatic carbocycles. The van der Waals surface area contributed by atoms with E-state index in [2.05, 4.69) is 326 Å². The Hall–Kier alpha value is -2.29. The van der Waals surface area contributed by atoms with Crippen molar-refractivity contribution >= 4 is 306 Å². The van der Waals surface area contributed by atoms with Gasteiger partial charge in [-0.05, 0) is 326 Å². The predicted molar refractivity (Wildman–Crippen MR) is 684 cm³/mol. The van der Waals surface area contributed by atoms with Crippen molar-refractivity contribution in [1.82, 2.24) is 0 Å². The summed E-state index contributed by atoms with van der Waals surface area (Å²) in [6, 6.07) is 42.3. The number of ether oxygens (including phenoxy) is 1. The topological polar surface area (TPSA) is 9.23 Å². The summed E-state index contributed by atoms with van der Waals surface area (Å²) in [7, 11) is 5.74. The molecule has 0 bridgehead atoms. The summed E-state index contributed by atoms with van der Waals surface area (Å²) in [4.78, 5) is 38.1. The van der Waals surface area contributed by atoms with E-state index in [0.717, 1.165) is 57.7 Å². The van der Waals surface area contributed by atoms with E-state index in [1.165, 1.54) is 162 Å². The third-order valence-electron chi connectivity index (χ3n) is 26.8. The molecular formula is C117H119Br2ClF8I3LiOS14Sn2. The minimum absolute atomic E-state index is 0. The quantitative estimate of drug-likeness (QED) is 0.0307. The summed E-state index contributed by atoms with van der Waals surface area (Å²) >= 11 is 32.4. The molecule has 0 spiro atoms. The molecule has 0 unspecified atom stereocenters. The Morgan fingerprint density at radius 2 is 0.564 bits per heavy atom. The van der Waals surface area contributed by atoms with Crippen molar-refractivity contribution in [2.75, 3.05) is 18.1 Å². The second-order valence-electron chi connectivity index (χ2n) is 40.8. The maximum atomic E-state index is 15.5. The Labute approximate surface area is 1010 Å². The standard InChI is InChI=1S/2C28H20F2S4.C11H10S2.C11H9S2.C9H6S2.C6H2Br2F2.C6H2F2I2.C4H8O.C4H9.CH3I.3CH4.6CH3.ClH.Li.2Sn/c1-27(2)15-5-7-31-23(15)25-17(27)11-21(33-25)13-9-20(30)14(10-19(13)29)22-12-18-26(34-22)24-16(6-8-32-24)28(18,3)4;1-27(2)15-7-9-31-23(15)25-17(27)11-19(33-25)13-5-6-14(22(30)21(13)29)20-12-18-26(34-20)24-16(8-10-32-24)28(18,3)4;2*1-11(2)7-3-5-12-9(7)10-8(11)4-6-13-10;1-3-10-8-6(1)5-7-2-4-11-9(7)8;7-3-1-5(9)4(8)2-6(3)10;7-5-3(9)1-2-4(10)6(5)8;1-2-4-5-3-1;1-3-4-2;1-2;;;;;;;;;;;;;/h2*5-12H,1-4H3;3-6H,1-2H3;3-5H,1-2H3;1-4H,5H2;2*1-2H;1-4H2;1,3-4H2,2H3;1H3;3*1H4;6*1H3;1H;;;/q;;;;;;;;-1;;;;;;;;;;;;+1;;+1/p-1. The fourth-order valence-corrected chi connectivity index (χ4v) is 42.5. The molecule has 14 aromatic heterocycles. The number of hydrogen-bond donors (Lipinski definition) is 0. The Kier molecular flexibility index (Phi) is 42.5. The van der Waals surface area contributed by atoms with E-state index >= 15 is 17.6 Å². The molecule has 1 aliphatic heterocycles. The summed E-state index contributed by atoms with van der Waals surface area (Å²) in [5.41, 5.74) is 20.8. The Morgan fingerprint density at radius 3 is 0.819 bits per heavy atom. The van der Waals surface area contributed by atoms with Crippen molar-refractivity contribution in [3.8, 4) is 110 Å². The molecule has 0 amide bonds. The summed E-state index contributed by atoms with van der Waals surface area (Å²) in [5.74, 6) is -4.73. The van der Waals surface area contributed by atoms with Gasteiger partial charge in [-0.3, -0.25) is 0 Å². The van der Waals surface area contributed by atoms with E-state index in [4.69, 9.17) is 13.7 Å². The van der Waals surface area contributed by atoms with Crippen molar-refractivity contribution in [2.45, 2.75) is 207 Å². The third-order valence-corrected chi connectivity index (χ3v) is 54.4. The monoisotopic (exact) mass is 2960 g/mol. The third kappa shape index (κ3) is 25.2. The molecule has 0 atom stereocenters. The number of halogens is 14. The van der Waals surface area contributed by atoms with Gasteiger partial charge in [0.1, 0.15) is 23.3 Å². The summed E-state index contributed by atoms with van der Waals surface area (Å²) in [6.45, 7) is 34.7. The molecule has 26 rings (SSSR count). The zero-order valence-electron chi connectivity index (χ0n) is 84.5. The van der Waals surface area contributed by atoms with Crippen LogP contribution in [0.4, 0.5) is 35.1 Å². The second-order valence-corrected chi connectivity index (χ2v) is 93.2. The maximum absolute atomic E-state index is 15.5. The largest absolute Gasteiger partial charge is 1.00 e. The molecule has 0 N–H and O–H groups in total. The van der Waals surface area contributed by atoms with Crippen LogP contribution in [-0.2, 0) is 43.6 Å². The molecule has 15 heterocycles. The molecule has 1 nitrogen and oxygen atoms in total. The van der Waals surface area contributed by atoms with Crippen LogP contribution in [0, 0.1) is 60.6 Å². The zero-order chi connectivity index (χ0) is 105. The van der Waals surface area contributed by atoms with Gasteiger partial charge in [0.15, 0.2) is 23.3 Å². The van der Waals surface area contributed by atoms with Crippen LogP contribution in [0.1, 0.15) is 216 Å². The van der Waals surface area contributed by atoms with E-state index in [1.54, 1.807) is 179 Å². The van der Waals surface area contributed by atoms with Gasteiger partial charge in [-0.1, -0.05) is 127 Å². The second kappa shape index (κ2) is 50.5. The Bertz CT molecular complexity index is 7180. The fraction of sp³-hybridized carbons (Fsp3) is 0.308. The molecule has 784 valence electrons. The van der Waals surface area contributed by atoms with Crippen LogP contribution in [0.3, 0.4) is 0 Å². The van der Waals surface area contributed by atoms with Crippen LogP contribution < -0.4 is 21.8 Å².